The van der Waals surface area contributed by atoms with Crippen LogP contribution in [0.15, 0.2) is 36.7 Å². The van der Waals surface area contributed by atoms with Gasteiger partial charge in [-0.15, -0.1) is 10.2 Å². The van der Waals surface area contributed by atoms with Crippen molar-refractivity contribution in [2.75, 3.05) is 12.0 Å². The Bertz CT molecular complexity index is 1250. The number of alkyl halides is 1. The van der Waals surface area contributed by atoms with E-state index in [0.717, 1.165) is 44.9 Å². The number of aromatic nitrogens is 4. The largest absolute Gasteiger partial charge is 0.507 e. The molecule has 2 aromatic heterocycles. The predicted octanol–water partition coefficient (Wildman–Crippen LogP) is 6.12. The van der Waals surface area contributed by atoms with Gasteiger partial charge in [0.15, 0.2) is 17.4 Å². The van der Waals surface area contributed by atoms with Gasteiger partial charge in [0.1, 0.15) is 11.9 Å². The lowest BCUT2D eigenvalue weighted by molar-refractivity contribution is 0.0423. The quantitative estimate of drug-likeness (QED) is 0.366. The second-order valence-electron chi connectivity index (χ2n) is 10.5. The predicted molar refractivity (Wildman–Crippen MR) is 138 cm³/mol. The number of pyridine rings is 1. The van der Waals surface area contributed by atoms with Gasteiger partial charge in [0.2, 0.25) is 0 Å². The van der Waals surface area contributed by atoms with Crippen LogP contribution in [0, 0.1) is 11.4 Å². The third-order valence-corrected chi connectivity index (χ3v) is 7.78. The zero-order valence-corrected chi connectivity index (χ0v) is 21.5. The molecule has 37 heavy (non-hydrogen) atoms. The van der Waals surface area contributed by atoms with Gasteiger partial charge in [-0.05, 0) is 55.9 Å². The highest BCUT2D eigenvalue weighted by Gasteiger charge is 2.48. The number of halogens is 2. The third-order valence-electron chi connectivity index (χ3n) is 7.78. The molecule has 0 spiro atoms. The molecule has 0 unspecified atom stereocenters. The van der Waals surface area contributed by atoms with Gasteiger partial charge in [-0.2, -0.15) is 4.39 Å². The van der Waals surface area contributed by atoms with Crippen molar-refractivity contribution in [3.05, 3.63) is 42.6 Å². The highest BCUT2D eigenvalue weighted by atomic mass is 19.1. The van der Waals surface area contributed by atoms with E-state index in [1.54, 1.807) is 24.4 Å². The number of hydrogen-bond donors (Lipinski definition) is 1. The molecule has 196 valence electrons. The number of benzene rings is 1. The van der Waals surface area contributed by atoms with E-state index in [0.29, 0.717) is 22.5 Å². The zero-order valence-electron chi connectivity index (χ0n) is 21.5. The summed E-state index contributed by atoms with van der Waals surface area (Å²) in [4.78, 5) is 10.3. The Kier molecular flexibility index (Phi) is 6.96. The molecule has 5 rings (SSSR count). The fraction of sp³-hybridized carbons (Fsp3) is 0.500. The molecule has 9 heteroatoms. The molecular formula is C28H33F2N5O2. The fourth-order valence-electron chi connectivity index (χ4n) is 5.70. The Morgan fingerprint density at radius 2 is 1.92 bits per heavy atom. The third kappa shape index (κ3) is 4.95. The topological polar surface area (TPSA) is 84.3 Å². The number of phenolic OH excluding ortho intramolecular Hbond substituents is 1. The van der Waals surface area contributed by atoms with Crippen LogP contribution in [0.3, 0.4) is 0 Å². The van der Waals surface area contributed by atoms with E-state index in [9.17, 15) is 9.50 Å². The summed E-state index contributed by atoms with van der Waals surface area (Å²) in [5.41, 5.74) is 1.33. The summed E-state index contributed by atoms with van der Waals surface area (Å²) in [6, 6.07) is 6.55. The van der Waals surface area contributed by atoms with Gasteiger partial charge in [0.05, 0.1) is 24.9 Å². The highest BCUT2D eigenvalue weighted by molar-refractivity contribution is 5.73. The van der Waals surface area contributed by atoms with Gasteiger partial charge in [0, 0.05) is 23.2 Å². The molecule has 0 amide bonds. The minimum Gasteiger partial charge on any atom is -0.507 e. The number of methoxy groups -OCH3 is 1. The van der Waals surface area contributed by atoms with Crippen molar-refractivity contribution in [2.24, 2.45) is 5.41 Å². The van der Waals surface area contributed by atoms with Crippen LogP contribution in [-0.2, 0) is 0 Å². The number of phenols is 1. The van der Waals surface area contributed by atoms with Crippen molar-refractivity contribution < 1.29 is 18.6 Å². The molecule has 2 saturated carbocycles. The van der Waals surface area contributed by atoms with E-state index in [2.05, 4.69) is 38.9 Å². The number of anilines is 1. The Hall–Kier alpha value is -3.36. The van der Waals surface area contributed by atoms with Gasteiger partial charge < -0.3 is 14.7 Å². The summed E-state index contributed by atoms with van der Waals surface area (Å²) in [7, 11) is 1.37. The molecule has 3 atom stereocenters. The Balaban J connectivity index is 1.39. The SMILES string of the molecule is CCC[C@]1(C)CCC[C@H](N(c2cnc(-c3ccc(-c4cnc(F)c(OC)c4)cc3O)nn2)C2CC2)[C@@H]1F. The van der Waals surface area contributed by atoms with Crippen LogP contribution < -0.4 is 9.64 Å². The molecule has 7 nitrogen and oxygen atoms in total. The molecule has 1 aromatic carbocycles. The van der Waals surface area contributed by atoms with Crippen LogP contribution in [0.1, 0.15) is 58.8 Å². The Labute approximate surface area is 215 Å². The molecule has 0 aliphatic heterocycles. The summed E-state index contributed by atoms with van der Waals surface area (Å²) in [6.07, 6.45) is 8.67. The standard InChI is InChI=1S/C28H33F2N5O2/c1-4-11-28(2)12-5-6-21(25(28)29)35(19-8-9-19)24-16-32-27(34-33-24)20-10-7-17(13-22(20)36)18-14-23(37-3)26(30)31-15-18/h7,10,13-16,19,21,25,36H,4-6,8-9,11-12H2,1-3H3/t21-,25-,28+/m0/s1. The number of nitrogens with zero attached hydrogens (tertiary/aromatic N) is 5. The first-order chi connectivity index (χ1) is 17.8. The van der Waals surface area contributed by atoms with Crippen LogP contribution in [-0.4, -0.2) is 50.6 Å². The average Bonchev–Trinajstić information content (AvgIpc) is 3.73. The summed E-state index contributed by atoms with van der Waals surface area (Å²) >= 11 is 0. The van der Waals surface area contributed by atoms with Crippen LogP contribution >= 0.6 is 0 Å². The number of rotatable bonds is 8. The van der Waals surface area contributed by atoms with Gasteiger partial charge in [-0.25, -0.2) is 14.4 Å². The first-order valence-electron chi connectivity index (χ1n) is 13.0. The van der Waals surface area contributed by atoms with E-state index >= 15 is 4.39 Å². The lowest BCUT2D eigenvalue weighted by atomic mass is 9.69. The van der Waals surface area contributed by atoms with Crippen LogP contribution in [0.25, 0.3) is 22.5 Å². The average molecular weight is 510 g/mol. The smallest absolute Gasteiger partial charge is 0.255 e. The summed E-state index contributed by atoms with van der Waals surface area (Å²) in [5, 5.41) is 19.5. The van der Waals surface area contributed by atoms with Crippen LogP contribution in [0.4, 0.5) is 14.6 Å². The van der Waals surface area contributed by atoms with Gasteiger partial charge in [-0.3, -0.25) is 0 Å². The maximum Gasteiger partial charge on any atom is 0.255 e. The molecule has 3 aromatic rings. The van der Waals surface area contributed by atoms with E-state index in [1.807, 2.05) is 0 Å². The zero-order chi connectivity index (χ0) is 26.2. The molecule has 1 N–H and O–H groups in total. The minimum atomic E-state index is -0.931. The van der Waals surface area contributed by atoms with Crippen LogP contribution in [0.2, 0.25) is 0 Å². The molecule has 0 saturated heterocycles. The minimum absolute atomic E-state index is 0.0212. The molecule has 2 heterocycles. The number of aromatic hydroxyl groups is 1. The Morgan fingerprint density at radius 1 is 1.11 bits per heavy atom. The number of ether oxygens (including phenoxy) is 1. The monoisotopic (exact) mass is 509 g/mol. The van der Waals surface area contributed by atoms with Crippen molar-refractivity contribution in [1.29, 1.82) is 0 Å². The molecule has 0 bridgehead atoms. The Morgan fingerprint density at radius 3 is 2.57 bits per heavy atom. The summed E-state index contributed by atoms with van der Waals surface area (Å²) in [6.45, 7) is 4.19. The van der Waals surface area contributed by atoms with E-state index in [1.165, 1.54) is 19.4 Å². The second kappa shape index (κ2) is 10.2. The molecule has 2 fully saturated rings. The maximum atomic E-state index is 15.9. The summed E-state index contributed by atoms with van der Waals surface area (Å²) < 4.78 is 34.5. The molecule has 0 radical (unpaired) electrons. The molecule has 2 aliphatic carbocycles. The van der Waals surface area contributed by atoms with E-state index in [4.69, 9.17) is 4.74 Å². The van der Waals surface area contributed by atoms with Crippen molar-refractivity contribution in [1.82, 2.24) is 20.2 Å². The lowest BCUT2D eigenvalue weighted by Crippen LogP contribution is -2.52. The van der Waals surface area contributed by atoms with Crippen LogP contribution in [0.5, 0.6) is 11.5 Å². The second-order valence-corrected chi connectivity index (χ2v) is 10.5. The van der Waals surface area contributed by atoms with Crippen molar-refractivity contribution in [2.45, 2.75) is 77.0 Å². The van der Waals surface area contributed by atoms with E-state index < -0.39 is 12.1 Å². The lowest BCUT2D eigenvalue weighted by Gasteiger charge is -2.46. The van der Waals surface area contributed by atoms with Gasteiger partial charge >= 0.3 is 0 Å². The normalized spacial score (nSPS) is 23.6. The van der Waals surface area contributed by atoms with Crippen molar-refractivity contribution in [3.63, 3.8) is 0 Å². The van der Waals surface area contributed by atoms with E-state index in [-0.39, 0.29) is 34.8 Å². The first-order valence-corrected chi connectivity index (χ1v) is 13.0. The van der Waals surface area contributed by atoms with Crippen molar-refractivity contribution >= 4 is 5.82 Å². The summed E-state index contributed by atoms with van der Waals surface area (Å²) in [5.74, 6) is 0.137. The molecule has 2 aliphatic rings. The number of hydrogen-bond acceptors (Lipinski definition) is 7. The fourth-order valence-corrected chi connectivity index (χ4v) is 5.70. The first kappa shape index (κ1) is 25.3. The molecular weight excluding hydrogens is 476 g/mol. The van der Waals surface area contributed by atoms with Gasteiger partial charge in [0.25, 0.3) is 5.95 Å². The van der Waals surface area contributed by atoms with Gasteiger partial charge in [-0.1, -0.05) is 32.8 Å². The van der Waals surface area contributed by atoms with Crippen molar-refractivity contribution in [3.8, 4) is 34.0 Å². The maximum absolute atomic E-state index is 15.9. The highest BCUT2D eigenvalue weighted by Crippen LogP contribution is 2.46.